The number of piperazine rings is 1. The average molecular weight is 559 g/mol. The van der Waals surface area contributed by atoms with Crippen molar-refractivity contribution < 1.29 is 19.1 Å². The number of amides is 2. The highest BCUT2D eigenvalue weighted by atomic mass is 127. The van der Waals surface area contributed by atoms with E-state index < -0.39 is 0 Å². The summed E-state index contributed by atoms with van der Waals surface area (Å²) in [5.74, 6) is 1.54. The summed E-state index contributed by atoms with van der Waals surface area (Å²) in [6, 6.07) is 7.76. The molecule has 3 rings (SSSR count). The summed E-state index contributed by atoms with van der Waals surface area (Å²) in [5.41, 5.74) is 1.05. The minimum absolute atomic E-state index is 0. The van der Waals surface area contributed by atoms with Crippen LogP contribution in [-0.2, 0) is 20.9 Å². The van der Waals surface area contributed by atoms with Crippen LogP contribution in [-0.4, -0.2) is 99.1 Å². The van der Waals surface area contributed by atoms with Crippen molar-refractivity contribution in [3.8, 4) is 5.75 Å². The molecule has 2 aliphatic rings. The molecule has 0 radical (unpaired) electrons. The maximum atomic E-state index is 12.6. The van der Waals surface area contributed by atoms with E-state index >= 15 is 0 Å². The summed E-state index contributed by atoms with van der Waals surface area (Å²) in [5, 5.41) is 3.19. The Morgan fingerprint density at radius 2 is 1.81 bits per heavy atom. The Labute approximate surface area is 207 Å². The molecule has 0 aliphatic carbocycles. The van der Waals surface area contributed by atoms with Crippen molar-refractivity contribution in [3.63, 3.8) is 0 Å². The molecule has 32 heavy (non-hydrogen) atoms. The van der Waals surface area contributed by atoms with Crippen molar-refractivity contribution in [2.45, 2.75) is 25.5 Å². The third-order valence-corrected chi connectivity index (χ3v) is 5.56. The Bertz CT molecular complexity index is 773. The minimum atomic E-state index is -0.286. The fourth-order valence-corrected chi connectivity index (χ4v) is 3.59. The quantitative estimate of drug-likeness (QED) is 0.320. The highest BCUT2D eigenvalue weighted by Gasteiger charge is 2.31. The number of halogens is 1. The second-order valence-corrected chi connectivity index (χ2v) is 7.94. The highest BCUT2D eigenvalue weighted by Crippen LogP contribution is 2.16. The van der Waals surface area contributed by atoms with Gasteiger partial charge in [0.25, 0.3) is 5.91 Å². The van der Waals surface area contributed by atoms with Crippen LogP contribution >= 0.6 is 24.0 Å². The summed E-state index contributed by atoms with van der Waals surface area (Å²) >= 11 is 0. The first kappa shape index (κ1) is 26.2. The van der Waals surface area contributed by atoms with Crippen LogP contribution < -0.4 is 10.1 Å². The van der Waals surface area contributed by atoms with E-state index in [1.165, 1.54) is 0 Å². The number of benzene rings is 1. The Balaban J connectivity index is 0.00000363. The smallest absolute Gasteiger partial charge is 0.251 e. The van der Waals surface area contributed by atoms with E-state index in [9.17, 15) is 9.59 Å². The molecule has 2 aliphatic heterocycles. The Kier molecular flexibility index (Phi) is 10.5. The Morgan fingerprint density at radius 3 is 2.38 bits per heavy atom. The molecule has 1 unspecified atom stereocenters. The van der Waals surface area contributed by atoms with Crippen LogP contribution in [0.2, 0.25) is 0 Å². The van der Waals surface area contributed by atoms with Gasteiger partial charge in [0, 0.05) is 46.9 Å². The summed E-state index contributed by atoms with van der Waals surface area (Å²) in [6.45, 7) is 3.86. The van der Waals surface area contributed by atoms with Crippen LogP contribution in [0.15, 0.2) is 29.3 Å². The lowest BCUT2D eigenvalue weighted by Gasteiger charge is -2.37. The molecule has 0 spiro atoms. The van der Waals surface area contributed by atoms with Crippen LogP contribution in [0.1, 0.15) is 18.4 Å². The van der Waals surface area contributed by atoms with Crippen molar-refractivity contribution in [1.29, 1.82) is 0 Å². The molecule has 0 bridgehead atoms. The highest BCUT2D eigenvalue weighted by molar-refractivity contribution is 14.0. The Hall–Kier alpha value is -2.08. The maximum absolute atomic E-state index is 12.6. The molecule has 2 amide bonds. The second-order valence-electron chi connectivity index (χ2n) is 7.94. The second kappa shape index (κ2) is 12.8. The van der Waals surface area contributed by atoms with Gasteiger partial charge >= 0.3 is 0 Å². The molecule has 0 saturated carbocycles. The SMILES string of the molecule is COc1ccc(CN=C(NCC(=O)N(C)C)N2CCN(C(=O)C3CCCO3)CC2)cc1.I. The third kappa shape index (κ3) is 7.22. The number of aliphatic imine (C=N–C) groups is 1. The molecule has 1 atom stereocenters. The topological polar surface area (TPSA) is 86.7 Å². The van der Waals surface area contributed by atoms with Gasteiger partial charge in [-0.05, 0) is 30.5 Å². The monoisotopic (exact) mass is 559 g/mol. The van der Waals surface area contributed by atoms with Gasteiger partial charge in [-0.15, -0.1) is 24.0 Å². The average Bonchev–Trinajstić information content (AvgIpc) is 3.34. The lowest BCUT2D eigenvalue weighted by molar-refractivity contribution is -0.142. The number of carbonyl (C=O) groups excluding carboxylic acids is 2. The molecular weight excluding hydrogens is 525 g/mol. The van der Waals surface area contributed by atoms with E-state index in [0.717, 1.165) is 24.2 Å². The molecule has 2 saturated heterocycles. The molecule has 1 aromatic rings. The largest absolute Gasteiger partial charge is 0.497 e. The lowest BCUT2D eigenvalue weighted by Crippen LogP contribution is -2.56. The predicted molar refractivity (Wildman–Crippen MR) is 133 cm³/mol. The first-order valence-corrected chi connectivity index (χ1v) is 10.7. The van der Waals surface area contributed by atoms with Gasteiger partial charge in [0.1, 0.15) is 11.9 Å². The number of hydrogen-bond acceptors (Lipinski definition) is 5. The molecular formula is C22H34IN5O4. The van der Waals surface area contributed by atoms with Gasteiger partial charge in [-0.25, -0.2) is 4.99 Å². The zero-order valence-electron chi connectivity index (χ0n) is 19.1. The number of methoxy groups -OCH3 is 1. The normalized spacial score (nSPS) is 18.7. The standard InChI is InChI=1S/C22H33N5O4.HI/c1-25(2)20(28)16-24-22(23-15-17-6-8-18(30-3)9-7-17)27-12-10-26(11-13-27)21(29)19-5-4-14-31-19;/h6-9,19H,4-5,10-16H2,1-3H3,(H,23,24);1H. The minimum Gasteiger partial charge on any atom is -0.497 e. The van der Waals surface area contributed by atoms with Crippen molar-refractivity contribution in [2.24, 2.45) is 4.99 Å². The third-order valence-electron chi connectivity index (χ3n) is 5.56. The number of likely N-dealkylation sites (N-methyl/N-ethyl adjacent to an activating group) is 1. The van der Waals surface area contributed by atoms with E-state index in [1.54, 1.807) is 26.1 Å². The van der Waals surface area contributed by atoms with Crippen molar-refractivity contribution >= 4 is 41.8 Å². The van der Waals surface area contributed by atoms with Gasteiger partial charge < -0.3 is 29.5 Å². The van der Waals surface area contributed by atoms with Crippen LogP contribution in [0, 0.1) is 0 Å². The van der Waals surface area contributed by atoms with Crippen LogP contribution in [0.25, 0.3) is 0 Å². The van der Waals surface area contributed by atoms with Gasteiger partial charge in [-0.2, -0.15) is 0 Å². The molecule has 2 fully saturated rings. The first-order valence-electron chi connectivity index (χ1n) is 10.7. The number of nitrogens with one attached hydrogen (secondary N) is 1. The zero-order valence-corrected chi connectivity index (χ0v) is 21.4. The number of hydrogen-bond donors (Lipinski definition) is 1. The first-order chi connectivity index (χ1) is 15.0. The van der Waals surface area contributed by atoms with E-state index in [2.05, 4.69) is 10.2 Å². The van der Waals surface area contributed by atoms with Gasteiger partial charge in [-0.3, -0.25) is 9.59 Å². The summed E-state index contributed by atoms with van der Waals surface area (Å²) in [7, 11) is 5.10. The van der Waals surface area contributed by atoms with Gasteiger partial charge in [0.05, 0.1) is 20.2 Å². The number of guanidine groups is 1. The lowest BCUT2D eigenvalue weighted by atomic mass is 10.2. The summed E-state index contributed by atoms with van der Waals surface area (Å²) in [4.78, 5) is 34.9. The van der Waals surface area contributed by atoms with Gasteiger partial charge in [0.15, 0.2) is 5.96 Å². The van der Waals surface area contributed by atoms with Crippen molar-refractivity contribution in [1.82, 2.24) is 20.0 Å². The number of nitrogens with zero attached hydrogens (tertiary/aromatic N) is 4. The predicted octanol–water partition coefficient (Wildman–Crippen LogP) is 1.17. The van der Waals surface area contributed by atoms with Gasteiger partial charge in [-0.1, -0.05) is 12.1 Å². The van der Waals surface area contributed by atoms with Crippen LogP contribution in [0.3, 0.4) is 0 Å². The maximum Gasteiger partial charge on any atom is 0.251 e. The molecule has 1 N–H and O–H groups in total. The van der Waals surface area contributed by atoms with E-state index in [0.29, 0.717) is 45.3 Å². The Morgan fingerprint density at radius 1 is 1.16 bits per heavy atom. The van der Waals surface area contributed by atoms with Crippen molar-refractivity contribution in [2.75, 3.05) is 60.5 Å². The zero-order chi connectivity index (χ0) is 22.2. The summed E-state index contributed by atoms with van der Waals surface area (Å²) in [6.07, 6.45) is 1.47. The van der Waals surface area contributed by atoms with Crippen molar-refractivity contribution in [3.05, 3.63) is 29.8 Å². The van der Waals surface area contributed by atoms with E-state index in [-0.39, 0.29) is 48.4 Å². The van der Waals surface area contributed by atoms with Crippen LogP contribution in [0.5, 0.6) is 5.75 Å². The van der Waals surface area contributed by atoms with E-state index in [1.807, 2.05) is 29.2 Å². The van der Waals surface area contributed by atoms with E-state index in [4.69, 9.17) is 14.5 Å². The number of ether oxygens (including phenoxy) is 2. The number of rotatable bonds is 6. The van der Waals surface area contributed by atoms with Crippen LogP contribution in [0.4, 0.5) is 0 Å². The fraction of sp³-hybridized carbons (Fsp3) is 0.591. The number of carbonyl (C=O) groups is 2. The molecule has 10 heteroatoms. The fourth-order valence-electron chi connectivity index (χ4n) is 3.59. The molecule has 178 valence electrons. The van der Waals surface area contributed by atoms with Gasteiger partial charge in [0.2, 0.25) is 5.91 Å². The summed E-state index contributed by atoms with van der Waals surface area (Å²) < 4.78 is 10.7. The molecule has 2 heterocycles. The molecule has 9 nitrogen and oxygen atoms in total. The molecule has 0 aromatic heterocycles. The molecule has 1 aromatic carbocycles.